The Morgan fingerprint density at radius 1 is 1.21 bits per heavy atom. The lowest BCUT2D eigenvalue weighted by atomic mass is 10.1. The van der Waals surface area contributed by atoms with Crippen LogP contribution >= 0.6 is 0 Å². The molecule has 0 radical (unpaired) electrons. The summed E-state index contributed by atoms with van der Waals surface area (Å²) in [6.07, 6.45) is -3.55. The minimum absolute atomic E-state index is 0.297. The molecule has 3 nitrogen and oxygen atoms in total. The summed E-state index contributed by atoms with van der Waals surface area (Å²) in [7, 11) is 0. The molecule has 106 valence electrons. The maximum absolute atomic E-state index is 11.8. The van der Waals surface area contributed by atoms with Gasteiger partial charge in [-0.2, -0.15) is 13.2 Å². The number of benzene rings is 1. The zero-order valence-corrected chi connectivity index (χ0v) is 10.5. The Morgan fingerprint density at radius 2 is 1.84 bits per heavy atom. The molecule has 0 aliphatic heterocycles. The van der Waals surface area contributed by atoms with E-state index in [0.29, 0.717) is 17.9 Å². The topological polar surface area (TPSA) is 35.5 Å². The van der Waals surface area contributed by atoms with E-state index in [9.17, 15) is 18.0 Å². The second kappa shape index (κ2) is 7.13. The number of Topliss-reactive ketones (excluding diaryl/α,β-unsaturated/α-hetero) is 1. The van der Waals surface area contributed by atoms with Gasteiger partial charge >= 0.3 is 6.18 Å². The van der Waals surface area contributed by atoms with Gasteiger partial charge in [0.1, 0.15) is 19.0 Å². The molecule has 0 atom stereocenters. The van der Waals surface area contributed by atoms with Gasteiger partial charge in [0.25, 0.3) is 0 Å². The van der Waals surface area contributed by atoms with Crippen LogP contribution in [-0.2, 0) is 4.74 Å². The number of carbonyl (C=O) groups excluding carboxylic acids is 1. The Kier molecular flexibility index (Phi) is 5.82. The molecule has 0 spiro atoms. The molecule has 0 aromatic heterocycles. The van der Waals surface area contributed by atoms with Crippen LogP contribution in [0.4, 0.5) is 13.2 Å². The molecule has 0 saturated heterocycles. The van der Waals surface area contributed by atoms with E-state index in [1.165, 1.54) is 12.1 Å². The van der Waals surface area contributed by atoms with E-state index >= 15 is 0 Å². The molecule has 1 aromatic carbocycles. The fourth-order valence-corrected chi connectivity index (χ4v) is 1.30. The van der Waals surface area contributed by atoms with Gasteiger partial charge in [-0.15, -0.1) is 0 Å². The molecule has 0 bridgehead atoms. The number of alkyl halides is 3. The Labute approximate surface area is 109 Å². The zero-order valence-electron chi connectivity index (χ0n) is 10.5. The molecular formula is C13H15F3O3. The molecule has 6 heteroatoms. The lowest BCUT2D eigenvalue weighted by Gasteiger charge is -2.08. The van der Waals surface area contributed by atoms with E-state index in [1.54, 1.807) is 12.1 Å². The quantitative estimate of drug-likeness (QED) is 0.717. The minimum Gasteiger partial charge on any atom is -0.494 e. The molecule has 0 amide bonds. The summed E-state index contributed by atoms with van der Waals surface area (Å²) in [5, 5.41) is 0. The van der Waals surface area contributed by atoms with Gasteiger partial charge in [0.15, 0.2) is 5.78 Å². The molecule has 0 N–H and O–H groups in total. The third kappa shape index (κ3) is 6.24. The lowest BCUT2D eigenvalue weighted by molar-refractivity contribution is -0.170. The van der Waals surface area contributed by atoms with Crippen LogP contribution in [0.25, 0.3) is 0 Å². The van der Waals surface area contributed by atoms with Gasteiger partial charge < -0.3 is 9.47 Å². The summed E-state index contributed by atoms with van der Waals surface area (Å²) in [5.41, 5.74) is 0.297. The number of ketones is 1. The third-order valence-electron chi connectivity index (χ3n) is 2.15. The average Bonchev–Trinajstić information content (AvgIpc) is 2.35. The van der Waals surface area contributed by atoms with Crippen molar-refractivity contribution in [1.82, 2.24) is 0 Å². The van der Waals surface area contributed by atoms with Crippen LogP contribution in [-0.4, -0.2) is 31.8 Å². The normalized spacial score (nSPS) is 11.4. The number of halogens is 3. The molecule has 1 rings (SSSR count). The van der Waals surface area contributed by atoms with Gasteiger partial charge in [-0.25, -0.2) is 0 Å². The first-order valence-corrected chi connectivity index (χ1v) is 5.83. The van der Waals surface area contributed by atoms with Gasteiger partial charge in [0.05, 0.1) is 6.61 Å². The van der Waals surface area contributed by atoms with Crippen molar-refractivity contribution in [2.75, 3.05) is 19.8 Å². The van der Waals surface area contributed by atoms with Crippen LogP contribution in [0.5, 0.6) is 5.75 Å². The summed E-state index contributed by atoms with van der Waals surface area (Å²) < 4.78 is 45.1. The predicted octanol–water partition coefficient (Wildman–Crippen LogP) is 3.24. The first kappa shape index (κ1) is 15.5. The largest absolute Gasteiger partial charge is 0.494 e. The van der Waals surface area contributed by atoms with Gasteiger partial charge in [-0.05, 0) is 30.7 Å². The van der Waals surface area contributed by atoms with Gasteiger partial charge in [0.2, 0.25) is 0 Å². The summed E-state index contributed by atoms with van der Waals surface area (Å²) in [5.74, 6) is 0.126. The van der Waals surface area contributed by atoms with E-state index in [1.807, 2.05) is 6.92 Å². The highest BCUT2D eigenvalue weighted by Gasteiger charge is 2.27. The number of ether oxygens (including phenoxy) is 2. The Morgan fingerprint density at radius 3 is 2.37 bits per heavy atom. The zero-order chi connectivity index (χ0) is 14.3. The molecule has 1 aromatic rings. The van der Waals surface area contributed by atoms with Gasteiger partial charge in [-0.3, -0.25) is 4.79 Å². The van der Waals surface area contributed by atoms with Crippen molar-refractivity contribution in [3.05, 3.63) is 29.8 Å². The van der Waals surface area contributed by atoms with Crippen LogP contribution in [0.2, 0.25) is 0 Å². The number of carbonyl (C=O) groups is 1. The molecule has 0 unspecified atom stereocenters. The van der Waals surface area contributed by atoms with Crippen molar-refractivity contribution >= 4 is 5.78 Å². The molecule has 0 saturated carbocycles. The van der Waals surface area contributed by atoms with E-state index in [2.05, 4.69) is 4.74 Å². The van der Waals surface area contributed by atoms with Crippen LogP contribution in [0.3, 0.4) is 0 Å². The second-order valence-corrected chi connectivity index (χ2v) is 3.90. The monoisotopic (exact) mass is 276 g/mol. The molecule has 0 aliphatic rings. The summed E-state index contributed by atoms with van der Waals surface area (Å²) in [6, 6.07) is 6.22. The molecule has 19 heavy (non-hydrogen) atoms. The maximum Gasteiger partial charge on any atom is 0.411 e. The van der Waals surface area contributed by atoms with E-state index in [-0.39, 0.29) is 0 Å². The SMILES string of the molecule is CCCOc1ccc(C(=O)COCC(F)(F)F)cc1. The van der Waals surface area contributed by atoms with Crippen molar-refractivity contribution in [2.45, 2.75) is 19.5 Å². The number of hydrogen-bond donors (Lipinski definition) is 0. The van der Waals surface area contributed by atoms with Crippen molar-refractivity contribution in [3.63, 3.8) is 0 Å². The standard InChI is InChI=1S/C13H15F3O3/c1-2-7-19-11-5-3-10(4-6-11)12(17)8-18-9-13(14,15)16/h3-6H,2,7-9H2,1H3. The lowest BCUT2D eigenvalue weighted by Crippen LogP contribution is -2.20. The Hall–Kier alpha value is -1.56. The first-order valence-electron chi connectivity index (χ1n) is 5.83. The Balaban J connectivity index is 2.44. The maximum atomic E-state index is 11.8. The van der Waals surface area contributed by atoms with Crippen molar-refractivity contribution in [3.8, 4) is 5.75 Å². The minimum atomic E-state index is -4.42. The van der Waals surface area contributed by atoms with Gasteiger partial charge in [0, 0.05) is 5.56 Å². The molecule has 0 fully saturated rings. The fourth-order valence-electron chi connectivity index (χ4n) is 1.30. The fraction of sp³-hybridized carbons (Fsp3) is 0.462. The summed E-state index contributed by atoms with van der Waals surface area (Å²) in [6.45, 7) is 0.531. The van der Waals surface area contributed by atoms with Crippen molar-refractivity contribution in [2.24, 2.45) is 0 Å². The number of hydrogen-bond acceptors (Lipinski definition) is 3. The van der Waals surface area contributed by atoms with Crippen LogP contribution in [0.15, 0.2) is 24.3 Å². The van der Waals surface area contributed by atoms with E-state index in [0.717, 1.165) is 6.42 Å². The average molecular weight is 276 g/mol. The number of rotatable bonds is 7. The van der Waals surface area contributed by atoms with Crippen LogP contribution in [0, 0.1) is 0 Å². The first-order chi connectivity index (χ1) is 8.92. The molecular weight excluding hydrogens is 261 g/mol. The van der Waals surface area contributed by atoms with Crippen LogP contribution in [0.1, 0.15) is 23.7 Å². The summed E-state index contributed by atoms with van der Waals surface area (Å²) in [4.78, 5) is 11.5. The van der Waals surface area contributed by atoms with Crippen molar-refractivity contribution in [1.29, 1.82) is 0 Å². The van der Waals surface area contributed by atoms with E-state index < -0.39 is 25.2 Å². The Bertz CT molecular complexity index is 399. The molecule has 0 heterocycles. The van der Waals surface area contributed by atoms with E-state index in [4.69, 9.17) is 4.74 Å². The van der Waals surface area contributed by atoms with Gasteiger partial charge in [-0.1, -0.05) is 6.92 Å². The third-order valence-corrected chi connectivity index (χ3v) is 2.15. The van der Waals surface area contributed by atoms with Crippen LogP contribution < -0.4 is 4.74 Å². The smallest absolute Gasteiger partial charge is 0.411 e. The molecule has 0 aliphatic carbocycles. The second-order valence-electron chi connectivity index (χ2n) is 3.90. The highest BCUT2D eigenvalue weighted by atomic mass is 19.4. The summed E-state index contributed by atoms with van der Waals surface area (Å²) >= 11 is 0. The van der Waals surface area contributed by atoms with Crippen molar-refractivity contribution < 1.29 is 27.4 Å². The highest BCUT2D eigenvalue weighted by Crippen LogP contribution is 2.15. The predicted molar refractivity (Wildman–Crippen MR) is 63.4 cm³/mol. The highest BCUT2D eigenvalue weighted by molar-refractivity contribution is 5.97.